The lowest BCUT2D eigenvalue weighted by molar-refractivity contribution is 0.116. The number of phenolic OH excluding ortho intramolecular Hbond substituents is 1. The zero-order valence-electron chi connectivity index (χ0n) is 10.3. The van der Waals surface area contributed by atoms with Gasteiger partial charge in [-0.2, -0.15) is 0 Å². The molecule has 0 atom stereocenters. The van der Waals surface area contributed by atoms with E-state index in [9.17, 15) is 19.3 Å². The van der Waals surface area contributed by atoms with Crippen molar-refractivity contribution in [3.05, 3.63) is 24.5 Å². The fourth-order valence-electron chi connectivity index (χ4n) is 1.76. The summed E-state index contributed by atoms with van der Waals surface area (Å²) in [5, 5.41) is 15.6. The van der Waals surface area contributed by atoms with Crippen LogP contribution in [0.4, 0.5) is 0 Å². The lowest BCUT2D eigenvalue weighted by Crippen LogP contribution is -2.33. The highest BCUT2D eigenvalue weighted by atomic mass is 31.2. The molecular weight excluding hydrogens is 326 g/mol. The second kappa shape index (κ2) is 4.89. The van der Waals surface area contributed by atoms with E-state index >= 15 is 0 Å². The lowest BCUT2D eigenvalue weighted by Gasteiger charge is -2.29. The third-order valence-electron chi connectivity index (χ3n) is 2.92. The van der Waals surface area contributed by atoms with Gasteiger partial charge in [0, 0.05) is 6.07 Å². The summed E-state index contributed by atoms with van der Waals surface area (Å²) < 4.78 is 23.6. The molecule has 12 heteroatoms. The van der Waals surface area contributed by atoms with Gasteiger partial charge in [0.25, 0.3) is 5.08 Å². The molecule has 0 aliphatic carbocycles. The third kappa shape index (κ3) is 2.75. The highest BCUT2D eigenvalue weighted by Crippen LogP contribution is 2.68. The monoisotopic (exact) mass is 338 g/mol. The molecular formula is C9H12N2O8P2. The van der Waals surface area contributed by atoms with Gasteiger partial charge in [-0.05, 0) is 12.1 Å². The average molecular weight is 338 g/mol. The van der Waals surface area contributed by atoms with Gasteiger partial charge >= 0.3 is 15.2 Å². The molecule has 0 aliphatic heterocycles. The van der Waals surface area contributed by atoms with Crippen LogP contribution in [-0.2, 0) is 15.7 Å². The molecule has 0 radical (unpaired) electrons. The van der Waals surface area contributed by atoms with Crippen molar-refractivity contribution in [1.82, 2.24) is 9.55 Å². The van der Waals surface area contributed by atoms with Crippen LogP contribution in [0.3, 0.4) is 0 Å². The molecule has 2 rings (SSSR count). The number of rotatable bonds is 4. The van der Waals surface area contributed by atoms with Crippen LogP contribution in [-0.4, -0.2) is 44.4 Å². The van der Waals surface area contributed by atoms with E-state index in [0.717, 1.165) is 10.9 Å². The molecule has 10 nitrogen and oxygen atoms in total. The molecule has 0 bridgehead atoms. The van der Waals surface area contributed by atoms with E-state index in [1.807, 2.05) is 0 Å². The van der Waals surface area contributed by atoms with Crippen LogP contribution in [0.25, 0.3) is 11.0 Å². The summed E-state index contributed by atoms with van der Waals surface area (Å²) in [5.41, 5.74) is 0.460. The number of hydrogen-bond acceptors (Lipinski definition) is 5. The Morgan fingerprint density at radius 2 is 1.71 bits per heavy atom. The van der Waals surface area contributed by atoms with E-state index in [4.69, 9.17) is 19.6 Å². The summed E-state index contributed by atoms with van der Waals surface area (Å²) in [6.07, 6.45) is 1.04. The first-order valence-corrected chi connectivity index (χ1v) is 8.66. The Hall–Kier alpha value is -1.25. The van der Waals surface area contributed by atoms with Crippen molar-refractivity contribution in [2.45, 2.75) is 11.6 Å². The highest BCUT2D eigenvalue weighted by molar-refractivity contribution is 7.72. The van der Waals surface area contributed by atoms with Crippen molar-refractivity contribution in [3.63, 3.8) is 0 Å². The second-order valence-corrected chi connectivity index (χ2v) is 8.42. The Bertz CT molecular complexity index is 753. The normalized spacial score (nSPS) is 13.8. The topological polar surface area (TPSA) is 173 Å². The van der Waals surface area contributed by atoms with Gasteiger partial charge in [0.2, 0.25) is 0 Å². The van der Waals surface area contributed by atoms with Crippen LogP contribution >= 0.6 is 15.2 Å². The third-order valence-corrected chi connectivity index (χ3v) is 6.63. The van der Waals surface area contributed by atoms with Gasteiger partial charge in [0.15, 0.2) is 0 Å². The van der Waals surface area contributed by atoms with Gasteiger partial charge in [-0.15, -0.1) is 0 Å². The van der Waals surface area contributed by atoms with Crippen LogP contribution in [0.15, 0.2) is 24.5 Å². The number of aromatic hydroxyl groups is 1. The van der Waals surface area contributed by atoms with Gasteiger partial charge in [0.05, 0.1) is 23.9 Å². The first kappa shape index (κ1) is 16.1. The molecule has 0 fully saturated rings. The number of hydrogen-bond donors (Lipinski definition) is 6. The summed E-state index contributed by atoms with van der Waals surface area (Å²) in [5.74, 6) is -0.104. The zero-order valence-corrected chi connectivity index (χ0v) is 12.1. The maximum absolute atomic E-state index is 11.3. The Kier molecular flexibility index (Phi) is 3.76. The average Bonchev–Trinajstić information content (AvgIpc) is 2.68. The molecule has 0 unspecified atom stereocenters. The number of phenols is 1. The van der Waals surface area contributed by atoms with Crippen molar-refractivity contribution in [2.75, 3.05) is 0 Å². The number of nitrogens with zero attached hydrogens (tertiary/aromatic N) is 2. The molecule has 116 valence electrons. The maximum atomic E-state index is 11.3. The minimum absolute atomic E-state index is 0.104. The minimum atomic E-state index is -5.54. The molecule has 21 heavy (non-hydrogen) atoms. The molecule has 1 aromatic heterocycles. The Balaban J connectivity index is 2.55. The summed E-state index contributed by atoms with van der Waals surface area (Å²) in [4.78, 5) is 40.1. The lowest BCUT2D eigenvalue weighted by atomic mass is 10.3. The van der Waals surface area contributed by atoms with Crippen molar-refractivity contribution in [1.29, 1.82) is 0 Å². The Labute approximate surface area is 117 Å². The fraction of sp³-hybridized carbons (Fsp3) is 0.222. The van der Waals surface area contributed by atoms with Crippen LogP contribution < -0.4 is 0 Å². The summed E-state index contributed by atoms with van der Waals surface area (Å²) >= 11 is 0. The number of benzene rings is 1. The number of aromatic nitrogens is 2. The van der Waals surface area contributed by atoms with Crippen LogP contribution in [0.2, 0.25) is 0 Å². The fourth-order valence-corrected chi connectivity index (χ4v) is 3.79. The molecule has 0 aliphatic rings. The van der Waals surface area contributed by atoms with Gasteiger partial charge in [-0.25, -0.2) is 4.98 Å². The molecule has 6 N–H and O–H groups in total. The molecule has 0 amide bonds. The smallest absolute Gasteiger partial charge is 0.371 e. The van der Waals surface area contributed by atoms with E-state index in [-0.39, 0.29) is 16.8 Å². The first-order valence-electron chi connectivity index (χ1n) is 5.43. The highest BCUT2D eigenvalue weighted by Gasteiger charge is 2.59. The van der Waals surface area contributed by atoms with Gasteiger partial charge < -0.3 is 34.4 Å². The Morgan fingerprint density at radius 1 is 1.14 bits per heavy atom. The molecule has 1 aromatic carbocycles. The van der Waals surface area contributed by atoms with E-state index in [2.05, 4.69) is 4.98 Å². The van der Waals surface area contributed by atoms with Gasteiger partial charge in [-0.1, -0.05) is 0 Å². The molecule has 0 spiro atoms. The van der Waals surface area contributed by atoms with Crippen LogP contribution in [0.5, 0.6) is 5.75 Å². The molecule has 2 aromatic rings. The quantitative estimate of drug-likeness (QED) is 0.411. The standard InChI is InChI=1S/C9H12N2O8P2/c12-6-1-2-8-7(3-6)10-5-11(8)4-9(13,20(14,15)16)21(17,18)19/h1-3,5,12-13H,4H2,(H2,14,15,16)(H2,17,18,19). The van der Waals surface area contributed by atoms with Gasteiger partial charge in [-0.3, -0.25) is 9.13 Å². The summed E-state index contributed by atoms with van der Waals surface area (Å²) in [6.45, 7) is -1.07. The predicted molar refractivity (Wildman–Crippen MR) is 70.4 cm³/mol. The predicted octanol–water partition coefficient (Wildman–Crippen LogP) is -0.257. The van der Waals surface area contributed by atoms with Crippen molar-refractivity contribution in [2.24, 2.45) is 0 Å². The number of aliphatic hydroxyl groups is 1. The van der Waals surface area contributed by atoms with Crippen LogP contribution in [0, 0.1) is 0 Å². The number of imidazole rings is 1. The van der Waals surface area contributed by atoms with E-state index in [1.54, 1.807) is 0 Å². The number of fused-ring (bicyclic) bond motifs is 1. The van der Waals surface area contributed by atoms with Crippen molar-refractivity contribution < 1.29 is 38.9 Å². The molecule has 0 saturated carbocycles. The van der Waals surface area contributed by atoms with Crippen LogP contribution in [0.1, 0.15) is 0 Å². The zero-order chi connectivity index (χ0) is 16.1. The van der Waals surface area contributed by atoms with E-state index < -0.39 is 26.8 Å². The molecule has 0 saturated heterocycles. The summed E-state index contributed by atoms with van der Waals surface area (Å²) in [7, 11) is -11.1. The molecule has 1 heterocycles. The largest absolute Gasteiger partial charge is 0.508 e. The van der Waals surface area contributed by atoms with Gasteiger partial charge in [0.1, 0.15) is 5.75 Å². The van der Waals surface area contributed by atoms with E-state index in [0.29, 0.717) is 0 Å². The van der Waals surface area contributed by atoms with E-state index in [1.165, 1.54) is 18.2 Å². The maximum Gasteiger partial charge on any atom is 0.371 e. The van der Waals surface area contributed by atoms with Crippen molar-refractivity contribution >= 4 is 26.2 Å². The SMILES string of the molecule is O=P(O)(O)C(O)(Cn1cnc2cc(O)ccc21)P(=O)(O)O. The summed E-state index contributed by atoms with van der Waals surface area (Å²) in [6, 6.07) is 3.84. The first-order chi connectivity index (χ1) is 9.46. The Morgan fingerprint density at radius 3 is 2.24 bits per heavy atom. The van der Waals surface area contributed by atoms with Crippen molar-refractivity contribution in [3.8, 4) is 5.75 Å². The second-order valence-electron chi connectivity index (χ2n) is 4.41. The minimum Gasteiger partial charge on any atom is -0.508 e.